The number of benzene rings is 8. The van der Waals surface area contributed by atoms with Crippen molar-refractivity contribution in [3.8, 4) is 27.9 Å². The fourth-order valence-corrected chi connectivity index (χ4v) is 8.15. The molecule has 252 valence electrons. The Morgan fingerprint density at radius 2 is 1.08 bits per heavy atom. The molecule has 0 radical (unpaired) electrons. The summed E-state index contributed by atoms with van der Waals surface area (Å²) < 4.78 is 2.45. The van der Waals surface area contributed by atoms with Gasteiger partial charge in [-0.2, -0.15) is 0 Å². The molecule has 0 spiro atoms. The van der Waals surface area contributed by atoms with Crippen LogP contribution in [0.2, 0.25) is 0 Å². The van der Waals surface area contributed by atoms with E-state index in [0.29, 0.717) is 0 Å². The Balaban J connectivity index is 1.20. The summed E-state index contributed by atoms with van der Waals surface area (Å²) in [6, 6.07) is 55.9. The van der Waals surface area contributed by atoms with Crippen molar-refractivity contribution in [3.63, 3.8) is 0 Å². The summed E-state index contributed by atoms with van der Waals surface area (Å²) >= 11 is 0. The van der Waals surface area contributed by atoms with Crippen LogP contribution < -0.4 is 0 Å². The number of rotatable bonds is 7. The first-order valence-corrected chi connectivity index (χ1v) is 18.3. The van der Waals surface area contributed by atoms with Crippen LogP contribution in [0.3, 0.4) is 0 Å². The minimum atomic E-state index is 1.03. The lowest BCUT2D eigenvalue weighted by molar-refractivity contribution is 1.19. The first kappa shape index (κ1) is 32.2. The third-order valence-electron chi connectivity index (χ3n) is 10.7. The van der Waals surface area contributed by atoms with Crippen LogP contribution in [0.15, 0.2) is 189 Å². The van der Waals surface area contributed by atoms with Gasteiger partial charge in [-0.05, 0) is 122 Å². The molecule has 0 atom stereocenters. The predicted octanol–water partition coefficient (Wildman–Crippen LogP) is 14.8. The van der Waals surface area contributed by atoms with Crippen molar-refractivity contribution in [2.45, 2.75) is 13.8 Å². The van der Waals surface area contributed by atoms with E-state index in [0.717, 1.165) is 11.3 Å². The fraction of sp³-hybridized carbons (Fsp3) is 0.0385. The second-order valence-electron chi connectivity index (χ2n) is 13.9. The summed E-state index contributed by atoms with van der Waals surface area (Å²) in [5.41, 5.74) is 13.0. The van der Waals surface area contributed by atoms with Crippen molar-refractivity contribution in [2.24, 2.45) is 0 Å². The molecule has 0 aliphatic rings. The highest BCUT2D eigenvalue weighted by atomic mass is 15.0. The van der Waals surface area contributed by atoms with E-state index in [1.54, 1.807) is 0 Å². The van der Waals surface area contributed by atoms with Crippen molar-refractivity contribution in [1.82, 2.24) is 4.57 Å². The summed E-state index contributed by atoms with van der Waals surface area (Å²) in [7, 11) is 0. The molecule has 0 fully saturated rings. The molecule has 0 amide bonds. The maximum absolute atomic E-state index is 4.31. The third-order valence-corrected chi connectivity index (χ3v) is 10.7. The Morgan fingerprint density at radius 1 is 0.528 bits per heavy atom. The topological polar surface area (TPSA) is 4.93 Å². The zero-order chi connectivity index (χ0) is 36.1. The van der Waals surface area contributed by atoms with Gasteiger partial charge in [-0.3, -0.25) is 0 Å². The minimum Gasteiger partial charge on any atom is -0.309 e. The average molecular weight is 678 g/mol. The summed E-state index contributed by atoms with van der Waals surface area (Å²) in [4.78, 5) is 0. The number of hydrogen-bond acceptors (Lipinski definition) is 0. The van der Waals surface area contributed by atoms with Crippen LogP contribution in [0.5, 0.6) is 0 Å². The molecular formula is C52H39N. The minimum absolute atomic E-state index is 1.03. The smallest absolute Gasteiger partial charge is 0.0619 e. The molecule has 53 heavy (non-hydrogen) atoms. The quantitative estimate of drug-likeness (QED) is 0.148. The van der Waals surface area contributed by atoms with Gasteiger partial charge in [0.05, 0.1) is 11.0 Å². The summed E-state index contributed by atoms with van der Waals surface area (Å²) in [6.07, 6.45) is 8.05. The van der Waals surface area contributed by atoms with E-state index in [9.17, 15) is 0 Å². The number of fused-ring (bicyclic) bond motifs is 7. The number of para-hydroxylation sites is 1. The van der Waals surface area contributed by atoms with Gasteiger partial charge in [0.15, 0.2) is 0 Å². The standard InChI is InChI=1S/C52H39N/c1-5-12-34(3)44-18-10-14-40-30-36(20-25-46(40)44)37-22-27-48-42(32-37)24-29-50-49-28-23-39(33-51(49)53(52(48)50)43-16-8-7-9-17-43)38-21-26-47-41(31-38)15-11-19-45(47)35(4)13-6-2/h5-33H,1,4H2,2-3H3/b13-6-,34-12+. The van der Waals surface area contributed by atoms with Crippen LogP contribution in [-0.2, 0) is 0 Å². The lowest BCUT2D eigenvalue weighted by atomic mass is 9.94. The molecule has 0 bridgehead atoms. The molecule has 0 unspecified atom stereocenters. The van der Waals surface area contributed by atoms with Crippen LogP contribution in [0.4, 0.5) is 0 Å². The molecule has 1 heterocycles. The number of hydrogen-bond donors (Lipinski definition) is 0. The molecule has 1 aromatic heterocycles. The maximum Gasteiger partial charge on any atom is 0.0619 e. The van der Waals surface area contributed by atoms with Gasteiger partial charge in [0, 0.05) is 21.8 Å². The molecular weight excluding hydrogens is 639 g/mol. The highest BCUT2D eigenvalue weighted by molar-refractivity contribution is 6.19. The van der Waals surface area contributed by atoms with Gasteiger partial charge in [0.25, 0.3) is 0 Å². The van der Waals surface area contributed by atoms with Gasteiger partial charge >= 0.3 is 0 Å². The Bertz CT molecular complexity index is 2980. The largest absolute Gasteiger partial charge is 0.309 e. The molecule has 1 nitrogen and oxygen atoms in total. The zero-order valence-corrected chi connectivity index (χ0v) is 30.1. The van der Waals surface area contributed by atoms with Gasteiger partial charge < -0.3 is 4.57 Å². The van der Waals surface area contributed by atoms with Crippen molar-refractivity contribution >= 4 is 65.3 Å². The van der Waals surface area contributed by atoms with Gasteiger partial charge in [0.1, 0.15) is 0 Å². The normalized spacial score (nSPS) is 12.2. The van der Waals surface area contributed by atoms with Gasteiger partial charge in [0.2, 0.25) is 0 Å². The Kier molecular flexibility index (Phi) is 7.98. The van der Waals surface area contributed by atoms with Crippen molar-refractivity contribution < 1.29 is 0 Å². The second kappa shape index (κ2) is 13.1. The van der Waals surface area contributed by atoms with E-state index >= 15 is 0 Å². The first-order valence-electron chi connectivity index (χ1n) is 18.3. The van der Waals surface area contributed by atoms with E-state index in [1.807, 2.05) is 19.1 Å². The van der Waals surface area contributed by atoms with Gasteiger partial charge in [-0.15, -0.1) is 0 Å². The van der Waals surface area contributed by atoms with E-state index in [1.165, 1.54) is 93.1 Å². The van der Waals surface area contributed by atoms with E-state index in [4.69, 9.17) is 0 Å². The Hall–Kier alpha value is -6.70. The lowest BCUT2D eigenvalue weighted by Gasteiger charge is -2.12. The molecule has 0 saturated carbocycles. The van der Waals surface area contributed by atoms with Crippen LogP contribution in [0.1, 0.15) is 25.0 Å². The summed E-state index contributed by atoms with van der Waals surface area (Å²) in [6.45, 7) is 12.4. The second-order valence-corrected chi connectivity index (χ2v) is 13.9. The third kappa shape index (κ3) is 5.50. The summed E-state index contributed by atoms with van der Waals surface area (Å²) in [5, 5.41) is 9.87. The molecule has 0 aliphatic heterocycles. The number of aromatic nitrogens is 1. The van der Waals surface area contributed by atoms with Crippen LogP contribution in [-0.4, -0.2) is 4.57 Å². The lowest BCUT2D eigenvalue weighted by Crippen LogP contribution is -1.94. The highest BCUT2D eigenvalue weighted by Crippen LogP contribution is 2.40. The molecule has 9 rings (SSSR count). The van der Waals surface area contributed by atoms with Crippen LogP contribution >= 0.6 is 0 Å². The fourth-order valence-electron chi connectivity index (χ4n) is 8.15. The monoisotopic (exact) mass is 677 g/mol. The van der Waals surface area contributed by atoms with Crippen LogP contribution in [0.25, 0.3) is 93.2 Å². The number of allylic oxidation sites excluding steroid dienone is 6. The SMILES string of the molecule is C=C/C=C(\C)c1cccc2cc(-c3ccc4c(ccc5c6ccc(-c7ccc8c(C(=C)/C=C\C)cccc8c7)cc6n(-c6ccccc6)c45)c3)ccc12. The molecule has 0 saturated heterocycles. The molecule has 9 aromatic rings. The number of nitrogens with zero attached hydrogens (tertiary/aromatic N) is 1. The first-order chi connectivity index (χ1) is 26.0. The van der Waals surface area contributed by atoms with Crippen molar-refractivity contribution in [3.05, 3.63) is 200 Å². The predicted molar refractivity (Wildman–Crippen MR) is 232 cm³/mol. The summed E-state index contributed by atoms with van der Waals surface area (Å²) in [5.74, 6) is 0. The molecule has 0 aliphatic carbocycles. The molecule has 1 heteroatoms. The Labute approximate surface area is 310 Å². The Morgan fingerprint density at radius 3 is 1.72 bits per heavy atom. The average Bonchev–Trinajstić information content (AvgIpc) is 3.54. The van der Waals surface area contributed by atoms with Gasteiger partial charge in [-0.25, -0.2) is 0 Å². The van der Waals surface area contributed by atoms with Crippen molar-refractivity contribution in [2.75, 3.05) is 0 Å². The van der Waals surface area contributed by atoms with E-state index in [2.05, 4.69) is 188 Å². The van der Waals surface area contributed by atoms with Crippen LogP contribution in [0, 0.1) is 0 Å². The highest BCUT2D eigenvalue weighted by Gasteiger charge is 2.17. The van der Waals surface area contributed by atoms with Gasteiger partial charge in [-0.1, -0.05) is 153 Å². The molecule has 8 aromatic carbocycles. The van der Waals surface area contributed by atoms with E-state index in [-0.39, 0.29) is 0 Å². The molecule has 0 N–H and O–H groups in total. The van der Waals surface area contributed by atoms with Crippen molar-refractivity contribution in [1.29, 1.82) is 0 Å². The maximum atomic E-state index is 4.31. The van der Waals surface area contributed by atoms with E-state index < -0.39 is 0 Å². The zero-order valence-electron chi connectivity index (χ0n) is 30.1.